The Hall–Kier alpha value is -1.81. The maximum atomic E-state index is 4.82. The van der Waals surface area contributed by atoms with Gasteiger partial charge in [-0.2, -0.15) is 0 Å². The molecular weight excluding hydrogens is 290 g/mol. The van der Waals surface area contributed by atoms with E-state index in [1.54, 1.807) is 0 Å². The van der Waals surface area contributed by atoms with Gasteiger partial charge in [0.2, 0.25) is 0 Å². The van der Waals surface area contributed by atoms with E-state index in [1.807, 2.05) is 31.9 Å². The summed E-state index contributed by atoms with van der Waals surface area (Å²) >= 11 is 1.87. The lowest BCUT2D eigenvalue weighted by Gasteiger charge is -2.19. The lowest BCUT2D eigenvalue weighted by molar-refractivity contribution is 0.802. The summed E-state index contributed by atoms with van der Waals surface area (Å²) in [7, 11) is 2.03. The van der Waals surface area contributed by atoms with Crippen LogP contribution in [0.4, 0.5) is 0 Å². The summed E-state index contributed by atoms with van der Waals surface area (Å²) in [6.07, 6.45) is 1.89. The summed E-state index contributed by atoms with van der Waals surface area (Å²) in [5, 5.41) is 0. The number of nitrogens with zero attached hydrogens (tertiary/aromatic N) is 3. The molecule has 0 atom stereocenters. The summed E-state index contributed by atoms with van der Waals surface area (Å²) in [4.78, 5) is 10.6. The molecule has 0 saturated carbocycles. The Kier molecular flexibility index (Phi) is 3.73. The van der Waals surface area contributed by atoms with E-state index in [1.165, 1.54) is 10.5 Å². The Morgan fingerprint density at radius 2 is 1.86 bits per heavy atom. The highest BCUT2D eigenvalue weighted by Crippen LogP contribution is 2.38. The first-order valence-corrected chi connectivity index (χ1v) is 8.24. The molecule has 2 heterocycles. The fraction of sp³-hybridized carbons (Fsp3) is 0.333. The highest BCUT2D eigenvalue weighted by molar-refractivity contribution is 8.00. The van der Waals surface area contributed by atoms with Crippen LogP contribution >= 0.6 is 11.8 Å². The van der Waals surface area contributed by atoms with Crippen molar-refractivity contribution in [3.05, 3.63) is 42.1 Å². The minimum absolute atomic E-state index is 0.162. The fourth-order valence-corrected chi connectivity index (χ4v) is 3.56. The molecule has 3 aromatic rings. The van der Waals surface area contributed by atoms with Crippen LogP contribution in [-0.4, -0.2) is 19.3 Å². The molecule has 0 aliphatic rings. The average Bonchev–Trinajstić information content (AvgIpc) is 2.74. The van der Waals surface area contributed by atoms with E-state index in [0.29, 0.717) is 0 Å². The molecule has 0 amide bonds. The third kappa shape index (κ3) is 2.88. The number of hydrogen-bond donors (Lipinski definition) is 0. The average molecular weight is 311 g/mol. The molecule has 0 N–H and O–H groups in total. The normalized spacial score (nSPS) is 12.0. The van der Waals surface area contributed by atoms with Crippen LogP contribution in [0.5, 0.6) is 0 Å². The van der Waals surface area contributed by atoms with Crippen LogP contribution in [0.1, 0.15) is 26.3 Å². The van der Waals surface area contributed by atoms with Crippen molar-refractivity contribution in [1.29, 1.82) is 0 Å². The number of rotatable bonds is 2. The molecule has 0 radical (unpaired) electrons. The number of pyridine rings is 1. The Balaban J connectivity index is 2.18. The van der Waals surface area contributed by atoms with Crippen molar-refractivity contribution in [2.24, 2.45) is 7.05 Å². The zero-order chi connectivity index (χ0) is 15.9. The molecule has 22 heavy (non-hydrogen) atoms. The largest absolute Gasteiger partial charge is 0.312 e. The van der Waals surface area contributed by atoms with Gasteiger partial charge in [0.15, 0.2) is 5.65 Å². The molecule has 0 aliphatic heterocycles. The molecule has 2 aromatic heterocycles. The highest BCUT2D eigenvalue weighted by atomic mass is 32.2. The van der Waals surface area contributed by atoms with Crippen molar-refractivity contribution in [3.8, 4) is 11.4 Å². The monoisotopic (exact) mass is 311 g/mol. The summed E-state index contributed by atoms with van der Waals surface area (Å²) in [5.74, 6) is 0.973. The van der Waals surface area contributed by atoms with Crippen LogP contribution in [0.2, 0.25) is 0 Å². The summed E-state index contributed by atoms with van der Waals surface area (Å²) in [5.41, 5.74) is 4.18. The molecule has 0 fully saturated rings. The van der Waals surface area contributed by atoms with Gasteiger partial charge >= 0.3 is 0 Å². The number of thioether (sulfide) groups is 1. The van der Waals surface area contributed by atoms with E-state index in [2.05, 4.69) is 60.7 Å². The molecule has 0 unspecified atom stereocenters. The third-order valence-electron chi connectivity index (χ3n) is 3.39. The second kappa shape index (κ2) is 5.43. The number of hydrogen-bond acceptors (Lipinski definition) is 3. The van der Waals surface area contributed by atoms with Gasteiger partial charge in [0.25, 0.3) is 0 Å². The molecule has 0 aliphatic carbocycles. The van der Waals surface area contributed by atoms with E-state index < -0.39 is 0 Å². The number of aryl methyl sites for hydroxylation is 2. The number of aromatic nitrogens is 3. The maximum absolute atomic E-state index is 4.82. The zero-order valence-electron chi connectivity index (χ0n) is 13.7. The minimum atomic E-state index is 0.162. The first-order valence-electron chi connectivity index (χ1n) is 7.43. The quantitative estimate of drug-likeness (QED) is 0.635. The molecule has 3 rings (SSSR count). The third-order valence-corrected chi connectivity index (χ3v) is 4.58. The predicted octanol–water partition coefficient (Wildman–Crippen LogP) is 4.83. The SMILES string of the molecule is Cc1cnc2c(c1)nc(-c1ccccc1SC(C)(C)C)n2C. The van der Waals surface area contributed by atoms with Gasteiger partial charge in [-0.3, -0.25) is 0 Å². The Labute approximate surface area is 135 Å². The standard InChI is InChI=1S/C18H21N3S/c1-12-10-14-17(19-11-12)21(5)16(20-14)13-8-6-7-9-15(13)22-18(2,3)4/h6-11H,1-5H3. The second-order valence-electron chi connectivity index (χ2n) is 6.56. The predicted molar refractivity (Wildman–Crippen MR) is 94.3 cm³/mol. The second-order valence-corrected chi connectivity index (χ2v) is 8.43. The van der Waals surface area contributed by atoms with Gasteiger partial charge in [0, 0.05) is 28.5 Å². The zero-order valence-corrected chi connectivity index (χ0v) is 14.5. The van der Waals surface area contributed by atoms with Crippen LogP contribution in [0.25, 0.3) is 22.6 Å². The van der Waals surface area contributed by atoms with Crippen molar-refractivity contribution < 1.29 is 0 Å². The molecular formula is C18H21N3S. The van der Waals surface area contributed by atoms with E-state index >= 15 is 0 Å². The Bertz CT molecular complexity index is 828. The van der Waals surface area contributed by atoms with Gasteiger partial charge in [-0.15, -0.1) is 11.8 Å². The van der Waals surface area contributed by atoms with Crippen LogP contribution in [-0.2, 0) is 7.05 Å². The number of fused-ring (bicyclic) bond motifs is 1. The number of benzene rings is 1. The molecule has 114 valence electrons. The van der Waals surface area contributed by atoms with Crippen molar-refractivity contribution in [2.75, 3.05) is 0 Å². The van der Waals surface area contributed by atoms with Gasteiger partial charge < -0.3 is 4.57 Å². The first kappa shape index (κ1) is 15.1. The van der Waals surface area contributed by atoms with Crippen molar-refractivity contribution in [2.45, 2.75) is 37.3 Å². The lowest BCUT2D eigenvalue weighted by Crippen LogP contribution is -2.07. The van der Waals surface area contributed by atoms with Crippen LogP contribution < -0.4 is 0 Å². The van der Waals surface area contributed by atoms with Gasteiger partial charge in [0.1, 0.15) is 11.3 Å². The maximum Gasteiger partial charge on any atom is 0.160 e. The topological polar surface area (TPSA) is 30.7 Å². The minimum Gasteiger partial charge on any atom is -0.312 e. The highest BCUT2D eigenvalue weighted by Gasteiger charge is 2.18. The van der Waals surface area contributed by atoms with Crippen molar-refractivity contribution in [3.63, 3.8) is 0 Å². The van der Waals surface area contributed by atoms with E-state index in [4.69, 9.17) is 4.98 Å². The fourth-order valence-electron chi connectivity index (χ4n) is 2.49. The molecule has 4 heteroatoms. The van der Waals surface area contributed by atoms with Crippen molar-refractivity contribution >= 4 is 22.9 Å². The van der Waals surface area contributed by atoms with E-state index in [9.17, 15) is 0 Å². The van der Waals surface area contributed by atoms with E-state index in [-0.39, 0.29) is 4.75 Å². The molecule has 0 bridgehead atoms. The summed E-state index contributed by atoms with van der Waals surface area (Å²) in [6, 6.07) is 10.6. The molecule has 0 saturated heterocycles. The van der Waals surface area contributed by atoms with Gasteiger partial charge in [-0.1, -0.05) is 39.0 Å². The Morgan fingerprint density at radius 1 is 1.14 bits per heavy atom. The number of imidazole rings is 1. The van der Waals surface area contributed by atoms with Crippen LogP contribution in [0.3, 0.4) is 0 Å². The van der Waals surface area contributed by atoms with Gasteiger partial charge in [0.05, 0.1) is 0 Å². The summed E-state index contributed by atoms with van der Waals surface area (Å²) in [6.45, 7) is 8.74. The smallest absolute Gasteiger partial charge is 0.160 e. The lowest BCUT2D eigenvalue weighted by atomic mass is 10.2. The molecule has 3 nitrogen and oxygen atoms in total. The summed E-state index contributed by atoms with van der Waals surface area (Å²) < 4.78 is 2.24. The molecule has 0 spiro atoms. The van der Waals surface area contributed by atoms with Gasteiger partial charge in [-0.05, 0) is 24.6 Å². The van der Waals surface area contributed by atoms with Crippen LogP contribution in [0.15, 0.2) is 41.4 Å². The molecule has 1 aromatic carbocycles. The van der Waals surface area contributed by atoms with E-state index in [0.717, 1.165) is 22.6 Å². The Morgan fingerprint density at radius 3 is 2.59 bits per heavy atom. The first-order chi connectivity index (χ1) is 10.3. The van der Waals surface area contributed by atoms with Gasteiger partial charge in [-0.25, -0.2) is 9.97 Å². The van der Waals surface area contributed by atoms with Crippen LogP contribution in [0, 0.1) is 6.92 Å². The van der Waals surface area contributed by atoms with Crippen molar-refractivity contribution in [1.82, 2.24) is 14.5 Å².